The summed E-state index contributed by atoms with van der Waals surface area (Å²) in [5, 5.41) is 10.3. The van der Waals surface area contributed by atoms with Gasteiger partial charge in [0.2, 0.25) is 10.0 Å². The van der Waals surface area contributed by atoms with Crippen molar-refractivity contribution in [1.82, 2.24) is 5.32 Å². The molecule has 0 spiro atoms. The maximum absolute atomic E-state index is 14.8. The Morgan fingerprint density at radius 3 is 2.23 bits per heavy atom. The molecule has 1 amide bonds. The standard InChI is InChI=1S/C29H23F6N3O4S/c1-42-24-12-18(4-9-25(24)43(36,40)41)38-29(39)15-2-5-19(16(10-15)13-37-14-26(32)33)20-6-3-17(30)11-22(20)21-7-8-23(31)28(35)27(21)34/h2-12,26,37H,13-14H2,1H3,(H,38,39)(H2,36,40,41). The summed E-state index contributed by atoms with van der Waals surface area (Å²) in [6.07, 6.45) is -2.71. The molecule has 0 saturated carbocycles. The van der Waals surface area contributed by atoms with E-state index >= 15 is 0 Å². The molecule has 0 aliphatic carbocycles. The molecular formula is C29H23F6N3O4S. The van der Waals surface area contributed by atoms with E-state index in [9.17, 15) is 39.6 Å². The summed E-state index contributed by atoms with van der Waals surface area (Å²) in [4.78, 5) is 12.8. The van der Waals surface area contributed by atoms with E-state index in [1.807, 2.05) is 0 Å². The Bertz CT molecular complexity index is 1800. The lowest BCUT2D eigenvalue weighted by Crippen LogP contribution is -2.21. The van der Waals surface area contributed by atoms with Crippen molar-refractivity contribution in [1.29, 1.82) is 0 Å². The highest BCUT2D eigenvalue weighted by Crippen LogP contribution is 2.37. The van der Waals surface area contributed by atoms with E-state index in [0.717, 1.165) is 24.3 Å². The fourth-order valence-corrected chi connectivity index (χ4v) is 5.03. The van der Waals surface area contributed by atoms with E-state index < -0.39 is 57.7 Å². The minimum Gasteiger partial charge on any atom is -0.495 e. The van der Waals surface area contributed by atoms with E-state index in [1.165, 1.54) is 43.5 Å². The van der Waals surface area contributed by atoms with Crippen LogP contribution in [0.4, 0.5) is 32.0 Å². The van der Waals surface area contributed by atoms with Gasteiger partial charge in [0.25, 0.3) is 12.3 Å². The first-order chi connectivity index (χ1) is 20.3. The first-order valence-electron chi connectivity index (χ1n) is 12.4. The van der Waals surface area contributed by atoms with Gasteiger partial charge < -0.3 is 15.4 Å². The van der Waals surface area contributed by atoms with Crippen molar-refractivity contribution in [2.24, 2.45) is 5.14 Å². The number of hydrogen-bond donors (Lipinski definition) is 3. The number of methoxy groups -OCH3 is 1. The zero-order valence-electron chi connectivity index (χ0n) is 22.2. The number of rotatable bonds is 10. The number of nitrogens with two attached hydrogens (primary N) is 1. The smallest absolute Gasteiger partial charge is 0.255 e. The first kappa shape index (κ1) is 31.5. The number of ether oxygens (including phenoxy) is 1. The molecular weight excluding hydrogens is 600 g/mol. The molecule has 0 aliphatic heterocycles. The number of halogens is 6. The van der Waals surface area contributed by atoms with Crippen LogP contribution in [0.1, 0.15) is 15.9 Å². The van der Waals surface area contributed by atoms with E-state index in [4.69, 9.17) is 9.88 Å². The summed E-state index contributed by atoms with van der Waals surface area (Å²) in [5.41, 5.74) is 0.253. The molecule has 14 heteroatoms. The van der Waals surface area contributed by atoms with Gasteiger partial charge in [-0.3, -0.25) is 4.79 Å². The molecule has 4 aromatic rings. The van der Waals surface area contributed by atoms with Crippen molar-refractivity contribution >= 4 is 21.6 Å². The first-order valence-corrected chi connectivity index (χ1v) is 13.9. The van der Waals surface area contributed by atoms with Crippen LogP contribution in [0, 0.1) is 23.3 Å². The van der Waals surface area contributed by atoms with Crippen LogP contribution in [0.25, 0.3) is 22.3 Å². The molecule has 4 aromatic carbocycles. The fraction of sp³-hybridized carbons (Fsp3) is 0.138. The van der Waals surface area contributed by atoms with Gasteiger partial charge in [-0.05, 0) is 70.8 Å². The topological polar surface area (TPSA) is 111 Å². The lowest BCUT2D eigenvalue weighted by molar-refractivity contribution is 0.102. The third kappa shape index (κ3) is 7.16. The minimum absolute atomic E-state index is 0.0368. The normalized spacial score (nSPS) is 11.6. The lowest BCUT2D eigenvalue weighted by Gasteiger charge is -2.17. The molecule has 7 nitrogen and oxygen atoms in total. The molecule has 0 aliphatic rings. The SMILES string of the molecule is COc1cc(NC(=O)c2ccc(-c3ccc(F)cc3-c3ccc(F)c(F)c3F)c(CNCC(F)F)c2)ccc1S(N)(=O)=O. The number of sulfonamides is 1. The van der Waals surface area contributed by atoms with Gasteiger partial charge >= 0.3 is 0 Å². The van der Waals surface area contributed by atoms with Crippen LogP contribution in [0.5, 0.6) is 5.75 Å². The molecule has 0 aromatic heterocycles. The summed E-state index contributed by atoms with van der Waals surface area (Å²) in [6, 6.07) is 12.6. The zero-order chi connectivity index (χ0) is 31.5. The summed E-state index contributed by atoms with van der Waals surface area (Å²) >= 11 is 0. The number of amides is 1. The van der Waals surface area contributed by atoms with Crippen LogP contribution >= 0.6 is 0 Å². The van der Waals surface area contributed by atoms with E-state index in [0.29, 0.717) is 6.07 Å². The second-order valence-electron chi connectivity index (χ2n) is 9.17. The number of carbonyl (C=O) groups excluding carboxylic acids is 1. The maximum Gasteiger partial charge on any atom is 0.255 e. The Balaban J connectivity index is 1.77. The van der Waals surface area contributed by atoms with E-state index in [-0.39, 0.29) is 50.7 Å². The minimum atomic E-state index is -4.11. The Kier molecular flexibility index (Phi) is 9.43. The second kappa shape index (κ2) is 12.9. The second-order valence-corrected chi connectivity index (χ2v) is 10.7. The van der Waals surface area contributed by atoms with Gasteiger partial charge in [-0.25, -0.2) is 39.9 Å². The molecule has 0 unspecified atom stereocenters. The predicted octanol–water partition coefficient (Wildman–Crippen LogP) is 5.84. The van der Waals surface area contributed by atoms with E-state index in [1.54, 1.807) is 0 Å². The largest absolute Gasteiger partial charge is 0.495 e. The van der Waals surface area contributed by atoms with Crippen LogP contribution < -0.4 is 20.5 Å². The number of anilines is 1. The van der Waals surface area contributed by atoms with Crippen molar-refractivity contribution in [2.45, 2.75) is 17.9 Å². The molecule has 0 fully saturated rings. The van der Waals surface area contributed by atoms with Gasteiger partial charge in [0, 0.05) is 29.4 Å². The Morgan fingerprint density at radius 2 is 1.56 bits per heavy atom. The summed E-state index contributed by atoms with van der Waals surface area (Å²) in [5.74, 6) is -6.36. The van der Waals surface area contributed by atoms with E-state index in [2.05, 4.69) is 10.6 Å². The highest BCUT2D eigenvalue weighted by molar-refractivity contribution is 7.89. The lowest BCUT2D eigenvalue weighted by atomic mass is 9.90. The highest BCUT2D eigenvalue weighted by atomic mass is 32.2. The van der Waals surface area contributed by atoms with Gasteiger partial charge in [0.05, 0.1) is 13.7 Å². The van der Waals surface area contributed by atoms with Gasteiger partial charge in [0.15, 0.2) is 17.5 Å². The Labute approximate surface area is 242 Å². The van der Waals surface area contributed by atoms with Crippen molar-refractivity contribution in [3.05, 3.63) is 101 Å². The van der Waals surface area contributed by atoms with Gasteiger partial charge in [-0.15, -0.1) is 0 Å². The number of carbonyl (C=O) groups is 1. The van der Waals surface area contributed by atoms with Crippen LogP contribution in [-0.4, -0.2) is 34.4 Å². The van der Waals surface area contributed by atoms with Crippen LogP contribution in [0.2, 0.25) is 0 Å². The molecule has 0 heterocycles. The molecule has 0 saturated heterocycles. The van der Waals surface area contributed by atoms with Crippen molar-refractivity contribution in [2.75, 3.05) is 19.0 Å². The van der Waals surface area contributed by atoms with Crippen LogP contribution in [0.15, 0.2) is 71.6 Å². The molecule has 4 rings (SSSR count). The number of hydrogen-bond acceptors (Lipinski definition) is 5. The number of nitrogens with one attached hydrogen (secondary N) is 2. The third-order valence-electron chi connectivity index (χ3n) is 6.31. The maximum atomic E-state index is 14.8. The van der Waals surface area contributed by atoms with Crippen LogP contribution in [-0.2, 0) is 16.6 Å². The third-order valence-corrected chi connectivity index (χ3v) is 7.26. The van der Waals surface area contributed by atoms with Crippen molar-refractivity contribution in [3.8, 4) is 28.0 Å². The summed E-state index contributed by atoms with van der Waals surface area (Å²) in [7, 11) is -2.90. The highest BCUT2D eigenvalue weighted by Gasteiger charge is 2.21. The molecule has 43 heavy (non-hydrogen) atoms. The van der Waals surface area contributed by atoms with Crippen molar-refractivity contribution < 1.29 is 44.3 Å². The monoisotopic (exact) mass is 623 g/mol. The molecule has 4 N–H and O–H groups in total. The number of benzene rings is 4. The quantitative estimate of drug-likeness (QED) is 0.152. The molecule has 0 radical (unpaired) electrons. The fourth-order valence-electron chi connectivity index (χ4n) is 4.35. The van der Waals surface area contributed by atoms with Gasteiger partial charge in [-0.2, -0.15) is 0 Å². The summed E-state index contributed by atoms with van der Waals surface area (Å²) < 4.78 is 111. The molecule has 226 valence electrons. The van der Waals surface area contributed by atoms with Crippen LogP contribution in [0.3, 0.4) is 0 Å². The number of alkyl halides is 2. The Hall–Kier alpha value is -4.40. The molecule has 0 atom stereocenters. The summed E-state index contributed by atoms with van der Waals surface area (Å²) in [6.45, 7) is -0.922. The average molecular weight is 624 g/mol. The average Bonchev–Trinajstić information content (AvgIpc) is 2.95. The van der Waals surface area contributed by atoms with Gasteiger partial charge in [0.1, 0.15) is 16.5 Å². The number of primary sulfonamides is 1. The molecule has 0 bridgehead atoms. The predicted molar refractivity (Wildman–Crippen MR) is 147 cm³/mol. The Morgan fingerprint density at radius 1 is 0.860 bits per heavy atom. The van der Waals surface area contributed by atoms with Gasteiger partial charge in [-0.1, -0.05) is 12.1 Å². The van der Waals surface area contributed by atoms with Crippen molar-refractivity contribution in [3.63, 3.8) is 0 Å². The zero-order valence-corrected chi connectivity index (χ0v) is 23.0.